The number of nitrogens with zero attached hydrogens (tertiary/aromatic N) is 1. The molecule has 0 aromatic carbocycles. The van der Waals surface area contributed by atoms with Crippen molar-refractivity contribution < 1.29 is 9.53 Å². The minimum absolute atomic E-state index is 0.0443. The summed E-state index contributed by atoms with van der Waals surface area (Å²) in [6.45, 7) is 10.6. The molecule has 0 aliphatic heterocycles. The topological polar surface area (TPSA) is 50.1 Å². The lowest BCUT2D eigenvalue weighted by atomic mass is 9.56. The largest absolute Gasteiger partial charge is 0.466 e. The van der Waals surface area contributed by atoms with Gasteiger partial charge in [0.15, 0.2) is 0 Å². The maximum absolute atomic E-state index is 11.4. The molecule has 0 saturated heterocycles. The fraction of sp³-hybridized carbons (Fsp3) is 0.727. The molecule has 0 bridgehead atoms. The van der Waals surface area contributed by atoms with Crippen LogP contribution in [-0.4, -0.2) is 18.0 Å². The second-order valence-corrected chi connectivity index (χ2v) is 9.32. The number of rotatable bonds is 7. The van der Waals surface area contributed by atoms with Gasteiger partial charge in [-0.05, 0) is 70.1 Å². The summed E-state index contributed by atoms with van der Waals surface area (Å²) in [6, 6.07) is 2.34. The first-order chi connectivity index (χ1) is 12.1. The van der Waals surface area contributed by atoms with Gasteiger partial charge in [0, 0.05) is 16.9 Å². The number of allylic oxidation sites excluding steroid dienone is 3. The molecule has 1 saturated carbocycles. The van der Waals surface area contributed by atoms with Crippen molar-refractivity contribution in [3.8, 4) is 6.07 Å². The lowest BCUT2D eigenvalue weighted by molar-refractivity contribution is -0.136. The van der Waals surface area contributed by atoms with Gasteiger partial charge in [-0.2, -0.15) is 5.26 Å². The van der Waals surface area contributed by atoms with Gasteiger partial charge in [-0.25, -0.2) is 4.79 Å². The van der Waals surface area contributed by atoms with Crippen LogP contribution in [-0.2, 0) is 9.53 Å². The van der Waals surface area contributed by atoms with Crippen LogP contribution in [0.3, 0.4) is 0 Å². The summed E-state index contributed by atoms with van der Waals surface area (Å²) < 4.78 is 4.71. The molecule has 1 rings (SSSR count). The average Bonchev–Trinajstić information content (AvgIpc) is 2.56. The standard InChI is InChI=1S/C22H34ClNO2/c1-16(8-7-9-17(2)20(25)26-6)10-11-18-12-14-22(5,23)19(13-15-24)21(18,3)4/h9-10,18-19H,7-8,11-14H2,1-6H3/b16-10+,17-9+/t18-,19-,22-/m0/s1. The van der Waals surface area contributed by atoms with Crippen LogP contribution in [0.15, 0.2) is 23.3 Å². The Bertz CT molecular complexity index is 596. The summed E-state index contributed by atoms with van der Waals surface area (Å²) in [7, 11) is 1.40. The number of ether oxygens (including phenoxy) is 1. The van der Waals surface area contributed by atoms with Gasteiger partial charge in [-0.15, -0.1) is 11.6 Å². The molecule has 1 aliphatic rings. The molecule has 146 valence electrons. The van der Waals surface area contributed by atoms with E-state index in [1.54, 1.807) is 6.92 Å². The Morgan fingerprint density at radius 2 is 1.96 bits per heavy atom. The van der Waals surface area contributed by atoms with E-state index in [1.807, 2.05) is 6.08 Å². The van der Waals surface area contributed by atoms with E-state index in [-0.39, 0.29) is 22.2 Å². The SMILES string of the molecule is COC(=O)/C(C)=C/CC/C(C)=C/C[C@H]1CC[C@](C)(Cl)[C@@H](CC#N)C1(C)C. The van der Waals surface area contributed by atoms with Crippen LogP contribution in [0.4, 0.5) is 0 Å². The highest BCUT2D eigenvalue weighted by Crippen LogP contribution is 2.54. The molecule has 1 fully saturated rings. The predicted molar refractivity (Wildman–Crippen MR) is 108 cm³/mol. The zero-order valence-electron chi connectivity index (χ0n) is 17.2. The highest BCUT2D eigenvalue weighted by atomic mass is 35.5. The molecule has 0 N–H and O–H groups in total. The van der Waals surface area contributed by atoms with Crippen molar-refractivity contribution in [3.63, 3.8) is 0 Å². The summed E-state index contributed by atoms with van der Waals surface area (Å²) in [4.78, 5) is 11.1. The first kappa shape index (κ1) is 22.8. The number of nitriles is 1. The maximum Gasteiger partial charge on any atom is 0.333 e. The van der Waals surface area contributed by atoms with Gasteiger partial charge < -0.3 is 4.74 Å². The van der Waals surface area contributed by atoms with Crippen LogP contribution in [0.2, 0.25) is 0 Å². The number of carbonyl (C=O) groups is 1. The van der Waals surface area contributed by atoms with Gasteiger partial charge >= 0.3 is 5.97 Å². The van der Waals surface area contributed by atoms with E-state index in [2.05, 4.69) is 39.8 Å². The van der Waals surface area contributed by atoms with Gasteiger partial charge in [0.1, 0.15) is 0 Å². The molecule has 26 heavy (non-hydrogen) atoms. The smallest absolute Gasteiger partial charge is 0.333 e. The average molecular weight is 380 g/mol. The quantitative estimate of drug-likeness (QED) is 0.229. The number of hydrogen-bond donors (Lipinski definition) is 0. The number of esters is 1. The zero-order valence-corrected chi connectivity index (χ0v) is 17.9. The van der Waals surface area contributed by atoms with Crippen LogP contribution >= 0.6 is 11.6 Å². The summed E-state index contributed by atoms with van der Waals surface area (Å²) in [5, 5.41) is 9.23. The summed E-state index contributed by atoms with van der Waals surface area (Å²) in [6.07, 6.45) is 9.65. The Morgan fingerprint density at radius 3 is 2.54 bits per heavy atom. The lowest BCUT2D eigenvalue weighted by Gasteiger charge is -2.51. The molecule has 0 heterocycles. The van der Waals surface area contributed by atoms with Crippen LogP contribution in [0, 0.1) is 28.6 Å². The summed E-state index contributed by atoms with van der Waals surface area (Å²) >= 11 is 6.75. The van der Waals surface area contributed by atoms with Gasteiger partial charge in [0.05, 0.1) is 13.2 Å². The summed E-state index contributed by atoms with van der Waals surface area (Å²) in [5.41, 5.74) is 2.04. The van der Waals surface area contributed by atoms with Crippen LogP contribution < -0.4 is 0 Å². The van der Waals surface area contributed by atoms with E-state index in [9.17, 15) is 10.1 Å². The second kappa shape index (κ2) is 9.60. The van der Waals surface area contributed by atoms with Crippen molar-refractivity contribution in [1.29, 1.82) is 5.26 Å². The van der Waals surface area contributed by atoms with Crippen molar-refractivity contribution in [2.24, 2.45) is 17.3 Å². The molecule has 0 unspecified atom stereocenters. The van der Waals surface area contributed by atoms with E-state index in [4.69, 9.17) is 16.3 Å². The molecule has 1 aliphatic carbocycles. The van der Waals surface area contributed by atoms with Crippen LogP contribution in [0.5, 0.6) is 0 Å². The van der Waals surface area contributed by atoms with Crippen molar-refractivity contribution >= 4 is 17.6 Å². The Hall–Kier alpha value is -1.27. The van der Waals surface area contributed by atoms with Gasteiger partial charge in [-0.1, -0.05) is 31.6 Å². The third kappa shape index (κ3) is 5.88. The van der Waals surface area contributed by atoms with Crippen molar-refractivity contribution in [2.45, 2.75) is 78.0 Å². The van der Waals surface area contributed by atoms with E-state index in [0.717, 1.165) is 32.1 Å². The zero-order chi connectivity index (χ0) is 20.0. The maximum atomic E-state index is 11.4. The highest BCUT2D eigenvalue weighted by Gasteiger charge is 2.49. The minimum atomic E-state index is -0.287. The molecule has 0 spiro atoms. The molecule has 0 aromatic rings. The molecule has 3 atom stereocenters. The Balaban J connectivity index is 2.69. The van der Waals surface area contributed by atoms with E-state index in [0.29, 0.717) is 17.9 Å². The predicted octanol–water partition coefficient (Wildman–Crippen LogP) is 6.19. The van der Waals surface area contributed by atoms with Crippen LogP contribution in [0.1, 0.15) is 73.1 Å². The van der Waals surface area contributed by atoms with E-state index >= 15 is 0 Å². The Morgan fingerprint density at radius 1 is 1.31 bits per heavy atom. The first-order valence-corrected chi connectivity index (χ1v) is 9.90. The van der Waals surface area contributed by atoms with Crippen molar-refractivity contribution in [2.75, 3.05) is 7.11 Å². The Kier molecular flexibility index (Phi) is 8.41. The monoisotopic (exact) mass is 379 g/mol. The molecule has 4 heteroatoms. The Labute approximate surface area is 164 Å². The molecule has 0 amide bonds. The normalized spacial score (nSPS) is 29.2. The molecular formula is C22H34ClNO2. The molecule has 3 nitrogen and oxygen atoms in total. The summed E-state index contributed by atoms with van der Waals surface area (Å²) in [5.74, 6) is 0.484. The lowest BCUT2D eigenvalue weighted by Crippen LogP contribution is -2.48. The number of carbonyl (C=O) groups excluding carboxylic acids is 1. The first-order valence-electron chi connectivity index (χ1n) is 9.52. The molecule has 0 radical (unpaired) electrons. The number of halogens is 1. The third-order valence-corrected chi connectivity index (χ3v) is 6.65. The number of alkyl halides is 1. The van der Waals surface area contributed by atoms with Gasteiger partial charge in [0.2, 0.25) is 0 Å². The van der Waals surface area contributed by atoms with Crippen molar-refractivity contribution in [3.05, 3.63) is 23.3 Å². The highest BCUT2D eigenvalue weighted by molar-refractivity contribution is 6.24. The fourth-order valence-corrected chi connectivity index (χ4v) is 4.73. The minimum Gasteiger partial charge on any atom is -0.466 e. The number of methoxy groups -OCH3 is 1. The third-order valence-electron chi connectivity index (χ3n) is 6.20. The van der Waals surface area contributed by atoms with Gasteiger partial charge in [-0.3, -0.25) is 0 Å². The van der Waals surface area contributed by atoms with E-state index < -0.39 is 0 Å². The number of hydrogen-bond acceptors (Lipinski definition) is 3. The van der Waals surface area contributed by atoms with Crippen molar-refractivity contribution in [1.82, 2.24) is 0 Å². The fourth-order valence-electron chi connectivity index (χ4n) is 4.26. The second-order valence-electron chi connectivity index (χ2n) is 8.45. The molecular weight excluding hydrogens is 346 g/mol. The van der Waals surface area contributed by atoms with Gasteiger partial charge in [0.25, 0.3) is 0 Å². The van der Waals surface area contributed by atoms with E-state index in [1.165, 1.54) is 12.7 Å². The molecule has 0 aromatic heterocycles. The van der Waals surface area contributed by atoms with Crippen LogP contribution in [0.25, 0.3) is 0 Å².